The molecule has 3 N–H and O–H groups in total. The lowest BCUT2D eigenvalue weighted by atomic mass is 10.3. The minimum atomic E-state index is -4.41. The maximum Gasteiger partial charge on any atom is 0.284 e. The Kier molecular flexibility index (Phi) is 6.43. The standard InChI is InChI=1S/C11H15N5.CH4O4S/c1-15-7-8-16(2)11(15)14-13-10-5-3-9(12)4-6-10;1-5-6(2,3)4/h3-8,11H,12H2,1-2H3;1H3,(H,2,3,4). The molecule has 0 aliphatic carbocycles. The van der Waals surface area contributed by atoms with Crippen molar-refractivity contribution in [2.24, 2.45) is 10.2 Å². The topological polar surface area (TPSA) is 125 Å². The van der Waals surface area contributed by atoms with Crippen LogP contribution in [0.4, 0.5) is 11.4 Å². The Balaban J connectivity index is 0.000000346. The predicted molar refractivity (Wildman–Crippen MR) is 79.7 cm³/mol. The van der Waals surface area contributed by atoms with Gasteiger partial charge in [-0.15, -0.1) is 10.2 Å². The molecule has 1 aliphatic rings. The summed E-state index contributed by atoms with van der Waals surface area (Å²) in [4.78, 5) is 3.22. The number of nitrogen functional groups attached to an aromatic ring is 1. The zero-order chi connectivity index (χ0) is 16.8. The summed E-state index contributed by atoms with van der Waals surface area (Å²) < 4.78 is 31.0. The van der Waals surface area contributed by atoms with Gasteiger partial charge in [-0.05, 0) is 24.3 Å². The van der Waals surface area contributed by atoms with Crippen molar-refractivity contribution in [2.45, 2.75) is 6.29 Å². The van der Waals surface area contributed by atoms with Gasteiger partial charge in [0, 0.05) is 12.7 Å². The molecule has 0 fully saturated rings. The molecule has 0 spiro atoms. The molecule has 10 heteroatoms. The van der Waals surface area contributed by atoms with Crippen molar-refractivity contribution in [2.75, 3.05) is 26.9 Å². The van der Waals surface area contributed by atoms with Crippen molar-refractivity contribution in [3.63, 3.8) is 0 Å². The van der Waals surface area contributed by atoms with E-state index >= 15 is 0 Å². The molecular formula is C12H19N5O4S. The molecule has 1 aromatic rings. The Labute approximate surface area is 129 Å². The van der Waals surface area contributed by atoms with E-state index in [4.69, 9.17) is 5.73 Å². The van der Waals surface area contributed by atoms with Crippen molar-refractivity contribution in [3.05, 3.63) is 36.7 Å². The van der Waals surface area contributed by atoms with E-state index < -0.39 is 10.4 Å². The molecule has 9 nitrogen and oxygen atoms in total. The van der Waals surface area contributed by atoms with Gasteiger partial charge in [0.05, 0.1) is 26.0 Å². The summed E-state index contributed by atoms with van der Waals surface area (Å²) in [5, 5.41) is 8.49. The molecule has 122 valence electrons. The molecule has 0 aromatic heterocycles. The Morgan fingerprint density at radius 3 is 2.32 bits per heavy atom. The first-order valence-corrected chi connectivity index (χ1v) is 7.57. The largest absolute Gasteiger partial charge is 0.726 e. The molecule has 0 saturated carbocycles. The van der Waals surface area contributed by atoms with Gasteiger partial charge in [-0.1, -0.05) is 0 Å². The van der Waals surface area contributed by atoms with Gasteiger partial charge >= 0.3 is 0 Å². The quantitative estimate of drug-likeness (QED) is 0.338. The minimum absolute atomic E-state index is 0.0255. The summed E-state index contributed by atoms with van der Waals surface area (Å²) in [5.41, 5.74) is 7.15. The fourth-order valence-corrected chi connectivity index (χ4v) is 1.56. The third-order valence-corrected chi connectivity index (χ3v) is 3.15. The first kappa shape index (κ1) is 18.0. The van der Waals surface area contributed by atoms with Crippen molar-refractivity contribution in [1.29, 1.82) is 0 Å². The van der Waals surface area contributed by atoms with Crippen LogP contribution < -0.4 is 10.6 Å². The van der Waals surface area contributed by atoms with Crippen LogP contribution in [-0.4, -0.2) is 45.4 Å². The number of nitrogens with one attached hydrogen (secondary N) is 1. The lowest BCUT2D eigenvalue weighted by molar-refractivity contribution is -0.856. The highest BCUT2D eigenvalue weighted by molar-refractivity contribution is 7.80. The molecule has 2 atom stereocenters. The summed E-state index contributed by atoms with van der Waals surface area (Å²) in [6, 6.07) is 7.36. The minimum Gasteiger partial charge on any atom is -0.726 e. The number of nitrogens with two attached hydrogens (primary N) is 1. The van der Waals surface area contributed by atoms with Gasteiger partial charge in [0.1, 0.15) is 6.20 Å². The molecule has 0 radical (unpaired) electrons. The molecule has 2 unspecified atom stereocenters. The highest BCUT2D eigenvalue weighted by Crippen LogP contribution is 2.15. The maximum absolute atomic E-state index is 9.22. The summed E-state index contributed by atoms with van der Waals surface area (Å²) in [6.07, 6.45) is 4.08. The normalized spacial score (nSPS) is 21.0. The number of hydrogen-bond acceptors (Lipinski definition) is 8. The smallest absolute Gasteiger partial charge is 0.284 e. The average Bonchev–Trinajstić information content (AvgIpc) is 2.78. The SMILES string of the molecule is CN1C=C[NH+](C)C1N=Nc1ccc(N)cc1.COS(=O)(=O)[O-]. The van der Waals surface area contributed by atoms with Crippen LogP contribution in [-0.2, 0) is 14.6 Å². The number of azo groups is 1. The molecule has 0 bridgehead atoms. The van der Waals surface area contributed by atoms with Crippen LogP contribution in [0.25, 0.3) is 0 Å². The van der Waals surface area contributed by atoms with Crippen molar-refractivity contribution in [3.8, 4) is 0 Å². The van der Waals surface area contributed by atoms with Crippen LogP contribution in [0.3, 0.4) is 0 Å². The summed E-state index contributed by atoms with van der Waals surface area (Å²) in [5.74, 6) is 0. The molecule has 1 aromatic carbocycles. The van der Waals surface area contributed by atoms with Crippen molar-refractivity contribution >= 4 is 21.8 Å². The number of rotatable bonds is 3. The Hall–Kier alpha value is -2.01. The van der Waals surface area contributed by atoms with Crippen LogP contribution in [0.15, 0.2) is 46.9 Å². The highest BCUT2D eigenvalue weighted by Gasteiger charge is 2.24. The van der Waals surface area contributed by atoms with Crippen LogP contribution in [0.1, 0.15) is 0 Å². The summed E-state index contributed by atoms with van der Waals surface area (Å²) >= 11 is 0. The van der Waals surface area contributed by atoms with Crippen molar-refractivity contribution < 1.29 is 22.1 Å². The second kappa shape index (κ2) is 7.84. The van der Waals surface area contributed by atoms with Gasteiger partial charge < -0.3 is 15.2 Å². The monoisotopic (exact) mass is 329 g/mol. The fraction of sp³-hybridized carbons (Fsp3) is 0.333. The van der Waals surface area contributed by atoms with Gasteiger partial charge in [-0.3, -0.25) is 9.08 Å². The average molecular weight is 329 g/mol. The van der Waals surface area contributed by atoms with Gasteiger partial charge in [-0.2, -0.15) is 0 Å². The lowest BCUT2D eigenvalue weighted by Gasteiger charge is -2.16. The van der Waals surface area contributed by atoms with E-state index in [1.54, 1.807) is 0 Å². The molecule has 2 rings (SSSR count). The Morgan fingerprint density at radius 1 is 1.36 bits per heavy atom. The van der Waals surface area contributed by atoms with Crippen molar-refractivity contribution in [1.82, 2.24) is 4.90 Å². The maximum atomic E-state index is 9.22. The van der Waals surface area contributed by atoms with E-state index in [9.17, 15) is 13.0 Å². The van der Waals surface area contributed by atoms with Crippen LogP contribution in [0.2, 0.25) is 0 Å². The predicted octanol–water partition coefficient (Wildman–Crippen LogP) is -0.340. The number of hydrogen-bond donors (Lipinski definition) is 2. The van der Waals surface area contributed by atoms with E-state index in [1.165, 1.54) is 4.90 Å². The third kappa shape index (κ3) is 6.18. The summed E-state index contributed by atoms with van der Waals surface area (Å²) in [6.45, 7) is 0. The Bertz CT molecular complexity index is 617. The second-order valence-electron chi connectivity index (χ2n) is 4.48. The number of anilines is 1. The molecular weight excluding hydrogens is 310 g/mol. The molecule has 22 heavy (non-hydrogen) atoms. The van der Waals surface area contributed by atoms with E-state index in [0.29, 0.717) is 0 Å². The number of quaternary nitrogens is 1. The van der Waals surface area contributed by atoms with E-state index in [1.807, 2.05) is 55.7 Å². The van der Waals surface area contributed by atoms with E-state index in [-0.39, 0.29) is 6.29 Å². The highest BCUT2D eigenvalue weighted by atomic mass is 32.3. The number of benzene rings is 1. The van der Waals surface area contributed by atoms with Gasteiger partial charge in [0.15, 0.2) is 0 Å². The van der Waals surface area contributed by atoms with Gasteiger partial charge in [-0.25, -0.2) is 8.42 Å². The third-order valence-electron chi connectivity index (χ3n) is 2.75. The zero-order valence-electron chi connectivity index (χ0n) is 12.5. The van der Waals surface area contributed by atoms with Gasteiger partial charge in [0.25, 0.3) is 6.29 Å². The van der Waals surface area contributed by atoms with Crippen LogP contribution in [0.5, 0.6) is 0 Å². The first-order valence-electron chi connectivity index (χ1n) is 6.24. The van der Waals surface area contributed by atoms with Gasteiger partial charge in [0.2, 0.25) is 10.4 Å². The first-order chi connectivity index (χ1) is 10.2. The van der Waals surface area contributed by atoms with Crippen LogP contribution in [0, 0.1) is 0 Å². The fourth-order valence-electron chi connectivity index (χ4n) is 1.56. The summed E-state index contributed by atoms with van der Waals surface area (Å²) in [7, 11) is 0.430. The van der Waals surface area contributed by atoms with E-state index in [0.717, 1.165) is 18.5 Å². The molecule has 0 saturated heterocycles. The Morgan fingerprint density at radius 2 is 1.91 bits per heavy atom. The molecule has 1 heterocycles. The zero-order valence-corrected chi connectivity index (χ0v) is 13.3. The second-order valence-corrected chi connectivity index (χ2v) is 5.63. The number of nitrogens with zero attached hydrogens (tertiary/aromatic N) is 3. The molecule has 0 amide bonds. The van der Waals surface area contributed by atoms with E-state index in [2.05, 4.69) is 14.4 Å². The molecule has 1 aliphatic heterocycles. The lowest BCUT2D eigenvalue weighted by Crippen LogP contribution is -3.08. The van der Waals surface area contributed by atoms with Crippen LogP contribution >= 0.6 is 0 Å².